The third-order valence-electron chi connectivity index (χ3n) is 3.49. The highest BCUT2D eigenvalue weighted by atomic mass is 15.2. The van der Waals surface area contributed by atoms with Gasteiger partial charge in [-0.05, 0) is 19.4 Å². The minimum atomic E-state index is 0.496. The van der Waals surface area contributed by atoms with Crippen molar-refractivity contribution >= 4 is 5.84 Å². The lowest BCUT2D eigenvalue weighted by Crippen LogP contribution is -2.50. The number of likely N-dealkylation sites (tertiary alicyclic amines) is 1. The Morgan fingerprint density at radius 3 is 2.57 bits per heavy atom. The molecule has 0 aromatic heterocycles. The van der Waals surface area contributed by atoms with Gasteiger partial charge in [0, 0.05) is 19.0 Å². The summed E-state index contributed by atoms with van der Waals surface area (Å²) in [6.45, 7) is 5.57. The number of hydrogen-bond acceptors (Lipinski definition) is 2. The summed E-state index contributed by atoms with van der Waals surface area (Å²) in [5, 5.41) is 0. The van der Waals surface area contributed by atoms with E-state index in [9.17, 15) is 0 Å². The number of rotatable bonds is 3. The zero-order valence-corrected chi connectivity index (χ0v) is 9.08. The van der Waals surface area contributed by atoms with Crippen LogP contribution < -0.4 is 5.73 Å². The summed E-state index contributed by atoms with van der Waals surface area (Å²) < 4.78 is 0. The van der Waals surface area contributed by atoms with Crippen LogP contribution in [-0.4, -0.2) is 36.4 Å². The lowest BCUT2D eigenvalue weighted by Gasteiger charge is -2.36. The highest BCUT2D eigenvalue weighted by molar-refractivity contribution is 5.83. The molecular weight excluding hydrogens is 174 g/mol. The fourth-order valence-electron chi connectivity index (χ4n) is 2.42. The molecule has 1 saturated heterocycles. The summed E-state index contributed by atoms with van der Waals surface area (Å²) >= 11 is 0. The average molecular weight is 195 g/mol. The topological polar surface area (TPSA) is 41.6 Å². The first-order valence-electron chi connectivity index (χ1n) is 5.85. The maximum atomic E-state index is 6.01. The van der Waals surface area contributed by atoms with Gasteiger partial charge in [0.05, 0.1) is 11.9 Å². The van der Waals surface area contributed by atoms with E-state index in [0.29, 0.717) is 12.0 Å². The highest BCUT2D eigenvalue weighted by Crippen LogP contribution is 2.25. The number of amidine groups is 1. The van der Waals surface area contributed by atoms with Gasteiger partial charge < -0.3 is 5.73 Å². The Morgan fingerprint density at radius 1 is 1.36 bits per heavy atom. The zero-order chi connectivity index (χ0) is 9.97. The summed E-state index contributed by atoms with van der Waals surface area (Å²) in [4.78, 5) is 7.01. The monoisotopic (exact) mass is 195 g/mol. The number of hydrogen-bond donors (Lipinski definition) is 1. The molecule has 3 nitrogen and oxygen atoms in total. The largest absolute Gasteiger partial charge is 0.387 e. The minimum Gasteiger partial charge on any atom is -0.387 e. The van der Waals surface area contributed by atoms with Crippen molar-refractivity contribution in [2.24, 2.45) is 16.6 Å². The molecule has 0 aromatic carbocycles. The van der Waals surface area contributed by atoms with Crippen molar-refractivity contribution in [2.75, 3.05) is 19.6 Å². The second kappa shape index (κ2) is 4.30. The van der Waals surface area contributed by atoms with E-state index in [-0.39, 0.29) is 0 Å². The average Bonchev–Trinajstić information content (AvgIpc) is 2.62. The fourth-order valence-corrected chi connectivity index (χ4v) is 2.42. The third-order valence-corrected chi connectivity index (χ3v) is 3.49. The van der Waals surface area contributed by atoms with E-state index >= 15 is 0 Å². The second-order valence-electron chi connectivity index (χ2n) is 4.54. The number of likely N-dealkylation sites (N-methyl/N-ethyl adjacent to an activating group) is 1. The van der Waals surface area contributed by atoms with E-state index in [1.165, 1.54) is 25.7 Å². The molecule has 2 rings (SSSR count). The molecule has 1 aliphatic carbocycles. The Bertz CT molecular complexity index is 213. The summed E-state index contributed by atoms with van der Waals surface area (Å²) in [7, 11) is 0. The van der Waals surface area contributed by atoms with Crippen LogP contribution in [0.4, 0.5) is 0 Å². The van der Waals surface area contributed by atoms with Crippen molar-refractivity contribution in [3.63, 3.8) is 0 Å². The normalized spacial score (nSPS) is 26.8. The molecule has 0 unspecified atom stereocenters. The lowest BCUT2D eigenvalue weighted by molar-refractivity contribution is 0.161. The molecule has 2 fully saturated rings. The molecule has 0 aromatic rings. The van der Waals surface area contributed by atoms with Crippen molar-refractivity contribution in [3.8, 4) is 0 Å². The molecule has 0 atom stereocenters. The molecule has 3 heteroatoms. The van der Waals surface area contributed by atoms with Crippen molar-refractivity contribution in [1.82, 2.24) is 4.90 Å². The molecule has 2 N–H and O–H groups in total. The third kappa shape index (κ3) is 2.08. The Morgan fingerprint density at radius 2 is 2.00 bits per heavy atom. The first-order valence-corrected chi connectivity index (χ1v) is 5.85. The van der Waals surface area contributed by atoms with Gasteiger partial charge in [-0.25, -0.2) is 0 Å². The van der Waals surface area contributed by atoms with Crippen molar-refractivity contribution < 1.29 is 0 Å². The van der Waals surface area contributed by atoms with E-state index in [2.05, 4.69) is 16.8 Å². The van der Waals surface area contributed by atoms with Crippen LogP contribution >= 0.6 is 0 Å². The number of nitrogens with zero attached hydrogens (tertiary/aromatic N) is 2. The highest BCUT2D eigenvalue weighted by Gasteiger charge is 2.26. The van der Waals surface area contributed by atoms with Crippen LogP contribution in [0.3, 0.4) is 0 Å². The van der Waals surface area contributed by atoms with Gasteiger partial charge >= 0.3 is 0 Å². The molecule has 1 aliphatic heterocycles. The molecule has 80 valence electrons. The molecule has 1 saturated carbocycles. The maximum Gasteiger partial charge on any atom is 0.0973 e. The first-order chi connectivity index (χ1) is 6.79. The van der Waals surface area contributed by atoms with Crippen LogP contribution in [0.1, 0.15) is 32.6 Å². The van der Waals surface area contributed by atoms with Crippen LogP contribution in [0, 0.1) is 5.92 Å². The quantitative estimate of drug-likeness (QED) is 0.544. The van der Waals surface area contributed by atoms with Crippen molar-refractivity contribution in [1.29, 1.82) is 0 Å². The van der Waals surface area contributed by atoms with Crippen LogP contribution in [0.15, 0.2) is 4.99 Å². The molecule has 0 radical (unpaired) electrons. The van der Waals surface area contributed by atoms with Gasteiger partial charge in [0.15, 0.2) is 0 Å². The Labute approximate surface area is 86.4 Å². The SMILES string of the molecule is CCN1CC(N=C(N)C2CCCC2)C1. The van der Waals surface area contributed by atoms with Gasteiger partial charge in [0.1, 0.15) is 0 Å². The predicted octanol–water partition coefficient (Wildman–Crippen LogP) is 1.24. The van der Waals surface area contributed by atoms with Gasteiger partial charge in [-0.1, -0.05) is 19.8 Å². The van der Waals surface area contributed by atoms with Crippen molar-refractivity contribution in [3.05, 3.63) is 0 Å². The lowest BCUT2D eigenvalue weighted by atomic mass is 10.1. The Hall–Kier alpha value is -0.570. The summed E-state index contributed by atoms with van der Waals surface area (Å²) in [6, 6.07) is 0.496. The molecule has 14 heavy (non-hydrogen) atoms. The maximum absolute atomic E-state index is 6.01. The van der Waals surface area contributed by atoms with E-state index in [4.69, 9.17) is 5.73 Å². The predicted molar refractivity (Wildman–Crippen MR) is 59.5 cm³/mol. The minimum absolute atomic E-state index is 0.496. The summed E-state index contributed by atoms with van der Waals surface area (Å²) in [5.74, 6) is 1.54. The second-order valence-corrected chi connectivity index (χ2v) is 4.54. The fraction of sp³-hybridized carbons (Fsp3) is 0.909. The first kappa shape index (κ1) is 9.97. The van der Waals surface area contributed by atoms with Crippen LogP contribution in [0.5, 0.6) is 0 Å². The van der Waals surface area contributed by atoms with Crippen LogP contribution in [0.25, 0.3) is 0 Å². The van der Waals surface area contributed by atoms with Gasteiger partial charge in [0.25, 0.3) is 0 Å². The van der Waals surface area contributed by atoms with E-state index in [1.54, 1.807) is 0 Å². The Kier molecular flexibility index (Phi) is 3.06. The molecule has 0 spiro atoms. The van der Waals surface area contributed by atoms with Crippen LogP contribution in [-0.2, 0) is 0 Å². The molecule has 0 bridgehead atoms. The number of aliphatic imine (C=N–C) groups is 1. The standard InChI is InChI=1S/C11H21N3/c1-2-14-7-10(8-14)13-11(12)9-5-3-4-6-9/h9-10H,2-8H2,1H3,(H2,12,13). The van der Waals surface area contributed by atoms with Gasteiger partial charge in [-0.15, -0.1) is 0 Å². The van der Waals surface area contributed by atoms with Gasteiger partial charge in [-0.2, -0.15) is 0 Å². The summed E-state index contributed by atoms with van der Waals surface area (Å²) in [6.07, 6.45) is 5.21. The smallest absolute Gasteiger partial charge is 0.0973 e. The van der Waals surface area contributed by atoms with Gasteiger partial charge in [0.2, 0.25) is 0 Å². The van der Waals surface area contributed by atoms with Crippen molar-refractivity contribution in [2.45, 2.75) is 38.6 Å². The molecule has 0 amide bonds. The van der Waals surface area contributed by atoms with E-state index < -0.39 is 0 Å². The van der Waals surface area contributed by atoms with Crippen LogP contribution in [0.2, 0.25) is 0 Å². The molecule has 1 heterocycles. The number of nitrogens with two attached hydrogens (primary N) is 1. The zero-order valence-electron chi connectivity index (χ0n) is 9.08. The Balaban J connectivity index is 1.79. The van der Waals surface area contributed by atoms with E-state index in [0.717, 1.165) is 25.5 Å². The summed E-state index contributed by atoms with van der Waals surface area (Å²) in [5.41, 5.74) is 6.01. The van der Waals surface area contributed by atoms with Gasteiger partial charge in [-0.3, -0.25) is 9.89 Å². The molecular formula is C11H21N3. The molecule has 2 aliphatic rings. The van der Waals surface area contributed by atoms with E-state index in [1.807, 2.05) is 0 Å².